The molecule has 0 saturated carbocycles. The topological polar surface area (TPSA) is 55.8 Å². The third kappa shape index (κ3) is 3.92. The van der Waals surface area contributed by atoms with Crippen LogP contribution in [0.4, 0.5) is 13.2 Å². The van der Waals surface area contributed by atoms with Gasteiger partial charge in [-0.1, -0.05) is 12.1 Å². The molecule has 0 fully saturated rings. The number of ether oxygens (including phenoxy) is 2. The fourth-order valence-electron chi connectivity index (χ4n) is 1.34. The van der Waals surface area contributed by atoms with Gasteiger partial charge in [-0.15, -0.1) is 0 Å². The van der Waals surface area contributed by atoms with Crippen LogP contribution < -0.4 is 4.74 Å². The minimum absolute atomic E-state index is 0.205. The summed E-state index contributed by atoms with van der Waals surface area (Å²) in [6.07, 6.45) is -6.98. The molecule has 7 heteroatoms. The van der Waals surface area contributed by atoms with Gasteiger partial charge in [0.1, 0.15) is 12.4 Å². The van der Waals surface area contributed by atoms with Crippen LogP contribution in [0.1, 0.15) is 11.7 Å². The van der Waals surface area contributed by atoms with Crippen LogP contribution in [-0.4, -0.2) is 31.0 Å². The van der Waals surface area contributed by atoms with Crippen molar-refractivity contribution in [2.75, 3.05) is 13.7 Å². The lowest BCUT2D eigenvalue weighted by molar-refractivity contribution is -0.225. The van der Waals surface area contributed by atoms with E-state index in [4.69, 9.17) is 9.84 Å². The summed E-state index contributed by atoms with van der Waals surface area (Å²) >= 11 is 0. The Morgan fingerprint density at radius 3 is 2.61 bits per heavy atom. The lowest BCUT2D eigenvalue weighted by atomic mass is 10.1. The number of hydrogen-bond acceptors (Lipinski definition) is 3. The maximum atomic E-state index is 12.7. The van der Waals surface area contributed by atoms with E-state index in [1.54, 1.807) is 0 Å². The van der Waals surface area contributed by atoms with Gasteiger partial charge in [0.05, 0.1) is 7.11 Å². The summed E-state index contributed by atoms with van der Waals surface area (Å²) in [5.74, 6) is -1.23. The summed E-state index contributed by atoms with van der Waals surface area (Å²) in [4.78, 5) is 10.3. The highest BCUT2D eigenvalue weighted by molar-refractivity contribution is 5.68. The van der Waals surface area contributed by atoms with Gasteiger partial charge in [-0.25, -0.2) is 4.79 Å². The fourth-order valence-corrected chi connectivity index (χ4v) is 1.34. The largest absolute Gasteiger partial charge is 0.497 e. The van der Waals surface area contributed by atoms with Crippen LogP contribution in [0, 0.1) is 0 Å². The van der Waals surface area contributed by atoms with E-state index in [0.29, 0.717) is 0 Å². The van der Waals surface area contributed by atoms with E-state index in [1.165, 1.54) is 25.3 Å². The summed E-state index contributed by atoms with van der Waals surface area (Å²) in [5, 5.41) is 8.36. The molecule has 0 bridgehead atoms. The molecule has 0 heterocycles. The normalized spacial score (nSPS) is 13.1. The molecule has 0 aromatic heterocycles. The molecule has 1 atom stereocenters. The highest BCUT2D eigenvalue weighted by Gasteiger charge is 2.42. The molecule has 1 rings (SSSR count). The van der Waals surface area contributed by atoms with Crippen LogP contribution in [0.5, 0.6) is 5.75 Å². The summed E-state index contributed by atoms with van der Waals surface area (Å²) in [6, 6.07) is 5.20. The second kappa shape index (κ2) is 5.72. The van der Waals surface area contributed by atoms with Crippen molar-refractivity contribution >= 4 is 5.97 Å². The van der Waals surface area contributed by atoms with E-state index in [1.807, 2.05) is 0 Å². The van der Waals surface area contributed by atoms with Crippen molar-refractivity contribution in [2.45, 2.75) is 12.3 Å². The predicted octanol–water partition coefficient (Wildman–Crippen LogP) is 2.40. The van der Waals surface area contributed by atoms with Gasteiger partial charge in [0.15, 0.2) is 6.10 Å². The van der Waals surface area contributed by atoms with Crippen molar-refractivity contribution in [3.8, 4) is 5.75 Å². The van der Waals surface area contributed by atoms with Crippen molar-refractivity contribution in [1.82, 2.24) is 0 Å². The fraction of sp³-hybridized carbons (Fsp3) is 0.364. The van der Waals surface area contributed by atoms with Gasteiger partial charge < -0.3 is 14.6 Å². The Bertz CT molecular complexity index is 417. The van der Waals surface area contributed by atoms with Crippen molar-refractivity contribution in [3.05, 3.63) is 29.8 Å². The second-order valence-corrected chi connectivity index (χ2v) is 3.40. The van der Waals surface area contributed by atoms with Crippen molar-refractivity contribution in [3.63, 3.8) is 0 Å². The maximum Gasteiger partial charge on any atom is 0.418 e. The molecule has 0 saturated heterocycles. The Morgan fingerprint density at radius 1 is 1.44 bits per heavy atom. The molecule has 18 heavy (non-hydrogen) atoms. The maximum absolute atomic E-state index is 12.7. The lowest BCUT2D eigenvalue weighted by Crippen LogP contribution is -2.26. The highest BCUT2D eigenvalue weighted by Crippen LogP contribution is 2.36. The predicted molar refractivity (Wildman–Crippen MR) is 55.4 cm³/mol. The van der Waals surface area contributed by atoms with Gasteiger partial charge >= 0.3 is 12.1 Å². The molecule has 1 aromatic carbocycles. The molecule has 0 spiro atoms. The monoisotopic (exact) mass is 264 g/mol. The van der Waals surface area contributed by atoms with Crippen LogP contribution in [0.2, 0.25) is 0 Å². The zero-order valence-electron chi connectivity index (χ0n) is 9.40. The molecule has 0 amide bonds. The van der Waals surface area contributed by atoms with Crippen LogP contribution in [0.3, 0.4) is 0 Å². The smallest absolute Gasteiger partial charge is 0.418 e. The minimum atomic E-state index is -4.69. The second-order valence-electron chi connectivity index (χ2n) is 3.40. The molecular formula is C11H11F3O4. The van der Waals surface area contributed by atoms with Gasteiger partial charge in [0.2, 0.25) is 0 Å². The molecule has 0 unspecified atom stereocenters. The Balaban J connectivity index is 2.97. The Labute approximate surface area is 101 Å². The van der Waals surface area contributed by atoms with Gasteiger partial charge in [-0.2, -0.15) is 13.2 Å². The number of carboxylic acids is 1. The zero-order valence-corrected chi connectivity index (χ0v) is 9.40. The molecule has 1 N–H and O–H groups in total. The zero-order chi connectivity index (χ0) is 13.8. The number of benzene rings is 1. The summed E-state index contributed by atoms with van der Waals surface area (Å²) in [6.45, 7) is -1.03. The third-order valence-electron chi connectivity index (χ3n) is 2.07. The van der Waals surface area contributed by atoms with E-state index in [2.05, 4.69) is 4.74 Å². The molecule has 1 aromatic rings. The molecule has 0 aliphatic rings. The van der Waals surface area contributed by atoms with E-state index in [9.17, 15) is 18.0 Å². The van der Waals surface area contributed by atoms with E-state index < -0.39 is 24.9 Å². The molecule has 100 valence electrons. The number of carbonyl (C=O) groups is 1. The average Bonchev–Trinajstić information content (AvgIpc) is 2.27. The third-order valence-corrected chi connectivity index (χ3v) is 2.07. The van der Waals surface area contributed by atoms with Crippen molar-refractivity contribution in [2.24, 2.45) is 0 Å². The van der Waals surface area contributed by atoms with Crippen molar-refractivity contribution in [1.29, 1.82) is 0 Å². The number of methoxy groups -OCH3 is 1. The van der Waals surface area contributed by atoms with Gasteiger partial charge in [-0.05, 0) is 17.7 Å². The number of halogens is 3. The number of aliphatic carboxylic acids is 1. The molecular weight excluding hydrogens is 253 g/mol. The quantitative estimate of drug-likeness (QED) is 0.887. The first-order chi connectivity index (χ1) is 8.34. The first-order valence-electron chi connectivity index (χ1n) is 4.88. The van der Waals surface area contributed by atoms with E-state index >= 15 is 0 Å². The molecule has 0 radical (unpaired) electrons. The van der Waals surface area contributed by atoms with Crippen LogP contribution in [0.25, 0.3) is 0 Å². The van der Waals surface area contributed by atoms with Gasteiger partial charge in [0, 0.05) is 0 Å². The Morgan fingerprint density at radius 2 is 2.11 bits per heavy atom. The summed E-state index contributed by atoms with van der Waals surface area (Å²) in [7, 11) is 1.32. The minimum Gasteiger partial charge on any atom is -0.497 e. The average molecular weight is 264 g/mol. The standard InChI is InChI=1S/C11H11F3O4/c1-17-8-4-2-3-7(5-8)10(11(12,13)14)18-6-9(15)16/h2-5,10H,6H2,1H3,(H,15,16)/t10-/m0/s1. The Hall–Kier alpha value is -1.76. The molecule has 4 nitrogen and oxygen atoms in total. The SMILES string of the molecule is COc1cccc([C@H](OCC(=O)O)C(F)(F)F)c1. The van der Waals surface area contributed by atoms with Crippen LogP contribution in [-0.2, 0) is 9.53 Å². The number of carboxylic acid groups (broad SMARTS) is 1. The highest BCUT2D eigenvalue weighted by atomic mass is 19.4. The lowest BCUT2D eigenvalue weighted by Gasteiger charge is -2.20. The van der Waals surface area contributed by atoms with E-state index in [0.717, 1.165) is 6.07 Å². The Kier molecular flexibility index (Phi) is 4.55. The first-order valence-corrected chi connectivity index (χ1v) is 4.88. The summed E-state index contributed by atoms with van der Waals surface area (Å²) < 4.78 is 47.4. The molecule has 0 aliphatic heterocycles. The number of hydrogen-bond donors (Lipinski definition) is 1. The first kappa shape index (κ1) is 14.3. The summed E-state index contributed by atoms with van der Waals surface area (Å²) in [5.41, 5.74) is -0.205. The van der Waals surface area contributed by atoms with Crippen LogP contribution in [0.15, 0.2) is 24.3 Å². The number of alkyl halides is 3. The van der Waals surface area contributed by atoms with Crippen LogP contribution >= 0.6 is 0 Å². The molecule has 0 aliphatic carbocycles. The van der Waals surface area contributed by atoms with E-state index in [-0.39, 0.29) is 11.3 Å². The van der Waals surface area contributed by atoms with Gasteiger partial charge in [0.25, 0.3) is 0 Å². The van der Waals surface area contributed by atoms with Gasteiger partial charge in [-0.3, -0.25) is 0 Å². The number of rotatable bonds is 5. The van der Waals surface area contributed by atoms with Crippen molar-refractivity contribution < 1.29 is 32.5 Å².